The molecule has 0 N–H and O–H groups in total. The summed E-state index contributed by atoms with van der Waals surface area (Å²) >= 11 is 4.53. The van der Waals surface area contributed by atoms with Crippen LogP contribution < -0.4 is 4.74 Å². The fraction of sp³-hybridized carbons (Fsp3) is 0.188. The third kappa shape index (κ3) is 3.52. The molecule has 2 aromatic carbocycles. The highest BCUT2D eigenvalue weighted by atomic mass is 32.1. The van der Waals surface area contributed by atoms with E-state index in [2.05, 4.69) is 18.7 Å². The van der Waals surface area contributed by atoms with Gasteiger partial charge in [0.2, 0.25) is 0 Å². The second kappa shape index (κ2) is 5.38. The maximum atomic E-state index is 8.73. The molecule has 0 aliphatic carbocycles. The summed E-state index contributed by atoms with van der Waals surface area (Å²) in [6.45, 7) is 4.10. The number of hydrogen-bond donors (Lipinski definition) is 1. The van der Waals surface area contributed by atoms with Gasteiger partial charge in [0, 0.05) is 4.75 Å². The van der Waals surface area contributed by atoms with Gasteiger partial charge in [0.1, 0.15) is 11.5 Å². The summed E-state index contributed by atoms with van der Waals surface area (Å²) in [5, 5.41) is 8.73. The van der Waals surface area contributed by atoms with Crippen molar-refractivity contribution < 1.29 is 4.74 Å². The SMILES string of the molecule is CC(C)(S)c1ccc(Oc2ccc(C#N)cc2)cc1. The largest absolute Gasteiger partial charge is 0.457 e. The summed E-state index contributed by atoms with van der Waals surface area (Å²) in [6.07, 6.45) is 0. The molecule has 0 aromatic heterocycles. The van der Waals surface area contributed by atoms with E-state index < -0.39 is 0 Å². The van der Waals surface area contributed by atoms with Crippen LogP contribution >= 0.6 is 12.6 Å². The van der Waals surface area contributed by atoms with Gasteiger partial charge >= 0.3 is 0 Å². The van der Waals surface area contributed by atoms with Crippen molar-refractivity contribution in [1.82, 2.24) is 0 Å². The Morgan fingerprint density at radius 3 is 1.84 bits per heavy atom. The molecule has 0 aliphatic heterocycles. The van der Waals surface area contributed by atoms with Crippen molar-refractivity contribution >= 4 is 12.6 Å². The first-order chi connectivity index (χ1) is 8.99. The van der Waals surface area contributed by atoms with Crippen molar-refractivity contribution in [2.75, 3.05) is 0 Å². The second-order valence-electron chi connectivity index (χ2n) is 4.82. The quantitative estimate of drug-likeness (QED) is 0.831. The molecule has 2 rings (SSSR count). The number of hydrogen-bond acceptors (Lipinski definition) is 3. The van der Waals surface area contributed by atoms with Gasteiger partial charge in [-0.2, -0.15) is 17.9 Å². The number of ether oxygens (including phenoxy) is 1. The van der Waals surface area contributed by atoms with Crippen molar-refractivity contribution in [3.8, 4) is 17.6 Å². The Morgan fingerprint density at radius 2 is 1.42 bits per heavy atom. The molecule has 0 amide bonds. The van der Waals surface area contributed by atoms with Crippen LogP contribution in [0.3, 0.4) is 0 Å². The Balaban J connectivity index is 2.13. The summed E-state index contributed by atoms with van der Waals surface area (Å²) in [6, 6.07) is 17.0. The molecule has 0 saturated carbocycles. The molecule has 0 fully saturated rings. The molecule has 0 aliphatic rings. The molecule has 19 heavy (non-hydrogen) atoms. The molecule has 0 bridgehead atoms. The van der Waals surface area contributed by atoms with E-state index in [4.69, 9.17) is 10.00 Å². The topological polar surface area (TPSA) is 33.0 Å². The smallest absolute Gasteiger partial charge is 0.127 e. The highest BCUT2D eigenvalue weighted by molar-refractivity contribution is 7.81. The minimum atomic E-state index is -0.160. The monoisotopic (exact) mass is 269 g/mol. The number of nitrogens with zero attached hydrogens (tertiary/aromatic N) is 1. The Bertz CT molecular complexity index is 589. The van der Waals surface area contributed by atoms with Crippen LogP contribution in [0.4, 0.5) is 0 Å². The molecule has 96 valence electrons. The van der Waals surface area contributed by atoms with Crippen LogP contribution in [0.1, 0.15) is 25.0 Å². The molecule has 0 atom stereocenters. The minimum Gasteiger partial charge on any atom is -0.457 e. The first-order valence-corrected chi connectivity index (χ1v) is 6.45. The lowest BCUT2D eigenvalue weighted by Gasteiger charge is -2.18. The van der Waals surface area contributed by atoms with E-state index in [0.717, 1.165) is 17.1 Å². The molecule has 0 heterocycles. The van der Waals surface area contributed by atoms with Crippen molar-refractivity contribution in [2.24, 2.45) is 0 Å². The third-order valence-electron chi connectivity index (χ3n) is 2.78. The fourth-order valence-corrected chi connectivity index (χ4v) is 1.81. The predicted octanol–water partition coefficient (Wildman–Crippen LogP) is 4.52. The minimum absolute atomic E-state index is 0.160. The molecule has 0 radical (unpaired) electrons. The van der Waals surface area contributed by atoms with Crippen LogP contribution in [-0.4, -0.2) is 0 Å². The summed E-state index contributed by atoms with van der Waals surface area (Å²) < 4.78 is 5.55. The van der Waals surface area contributed by atoms with E-state index in [-0.39, 0.29) is 4.75 Å². The first-order valence-electron chi connectivity index (χ1n) is 6.00. The van der Waals surface area contributed by atoms with Crippen LogP contribution in [0.25, 0.3) is 0 Å². The summed E-state index contributed by atoms with van der Waals surface area (Å²) in [5.74, 6) is 1.49. The van der Waals surface area contributed by atoms with Gasteiger partial charge < -0.3 is 4.74 Å². The Morgan fingerprint density at radius 1 is 0.947 bits per heavy atom. The first kappa shape index (κ1) is 13.5. The van der Waals surface area contributed by atoms with Crippen LogP contribution in [-0.2, 0) is 4.75 Å². The van der Waals surface area contributed by atoms with E-state index in [1.807, 2.05) is 38.1 Å². The van der Waals surface area contributed by atoms with Gasteiger partial charge in [0.05, 0.1) is 11.6 Å². The number of benzene rings is 2. The Kier molecular flexibility index (Phi) is 3.82. The number of rotatable bonds is 3. The third-order valence-corrected chi connectivity index (χ3v) is 3.04. The van der Waals surface area contributed by atoms with Crippen LogP contribution in [0, 0.1) is 11.3 Å². The van der Waals surface area contributed by atoms with E-state index in [0.29, 0.717) is 5.56 Å². The molecule has 3 heteroatoms. The van der Waals surface area contributed by atoms with Crippen LogP contribution in [0.2, 0.25) is 0 Å². The Labute approximate surface area is 119 Å². The second-order valence-corrected chi connectivity index (χ2v) is 5.94. The van der Waals surface area contributed by atoms with Gasteiger partial charge in [-0.25, -0.2) is 0 Å². The highest BCUT2D eigenvalue weighted by Gasteiger charge is 2.14. The van der Waals surface area contributed by atoms with Crippen molar-refractivity contribution in [2.45, 2.75) is 18.6 Å². The molecular formula is C16H15NOS. The van der Waals surface area contributed by atoms with Crippen molar-refractivity contribution in [1.29, 1.82) is 5.26 Å². The van der Waals surface area contributed by atoms with Crippen LogP contribution in [0.15, 0.2) is 48.5 Å². The Hall–Kier alpha value is -1.92. The number of nitriles is 1. The zero-order valence-corrected chi connectivity index (χ0v) is 11.8. The molecule has 0 spiro atoms. The molecule has 2 nitrogen and oxygen atoms in total. The van der Waals surface area contributed by atoms with E-state index in [1.165, 1.54) is 0 Å². The maximum Gasteiger partial charge on any atom is 0.127 e. The number of thiol groups is 1. The summed E-state index contributed by atoms with van der Waals surface area (Å²) in [7, 11) is 0. The lowest BCUT2D eigenvalue weighted by Crippen LogP contribution is -2.06. The van der Waals surface area contributed by atoms with Gasteiger partial charge in [-0.05, 0) is 55.8 Å². The lowest BCUT2D eigenvalue weighted by atomic mass is 10.0. The van der Waals surface area contributed by atoms with Gasteiger partial charge in [-0.15, -0.1) is 0 Å². The predicted molar refractivity (Wildman–Crippen MR) is 79.7 cm³/mol. The average Bonchev–Trinajstić information content (AvgIpc) is 2.39. The van der Waals surface area contributed by atoms with Gasteiger partial charge in [0.25, 0.3) is 0 Å². The van der Waals surface area contributed by atoms with E-state index in [9.17, 15) is 0 Å². The normalized spacial score (nSPS) is 10.8. The molecular weight excluding hydrogens is 254 g/mol. The zero-order chi connectivity index (χ0) is 13.9. The van der Waals surface area contributed by atoms with E-state index in [1.54, 1.807) is 24.3 Å². The van der Waals surface area contributed by atoms with E-state index >= 15 is 0 Å². The van der Waals surface area contributed by atoms with Gasteiger partial charge in [-0.1, -0.05) is 12.1 Å². The van der Waals surface area contributed by atoms with Gasteiger partial charge in [0.15, 0.2) is 0 Å². The van der Waals surface area contributed by atoms with Crippen LogP contribution in [0.5, 0.6) is 11.5 Å². The lowest BCUT2D eigenvalue weighted by molar-refractivity contribution is 0.482. The summed E-state index contributed by atoms with van der Waals surface area (Å²) in [4.78, 5) is 0. The van der Waals surface area contributed by atoms with Gasteiger partial charge in [-0.3, -0.25) is 0 Å². The highest BCUT2D eigenvalue weighted by Crippen LogP contribution is 2.29. The van der Waals surface area contributed by atoms with Crippen molar-refractivity contribution in [3.63, 3.8) is 0 Å². The maximum absolute atomic E-state index is 8.73. The standard InChI is InChI=1S/C16H15NOS/c1-16(2,19)13-5-9-15(10-6-13)18-14-7-3-12(11-17)4-8-14/h3-10,19H,1-2H3. The average molecular weight is 269 g/mol. The molecule has 2 aromatic rings. The molecule has 0 unspecified atom stereocenters. The fourth-order valence-electron chi connectivity index (χ4n) is 1.66. The zero-order valence-electron chi connectivity index (χ0n) is 10.9. The molecule has 0 saturated heterocycles. The summed E-state index contributed by atoms with van der Waals surface area (Å²) in [5.41, 5.74) is 1.77. The van der Waals surface area contributed by atoms with Crippen molar-refractivity contribution in [3.05, 3.63) is 59.7 Å².